The molecule has 11 heavy (non-hydrogen) atoms. The molecule has 3 N–H and O–H groups in total. The zero-order valence-corrected chi connectivity index (χ0v) is 6.48. The first-order chi connectivity index (χ1) is 4.70. The first-order valence-corrected chi connectivity index (χ1v) is 2.93. The lowest BCUT2D eigenvalue weighted by Crippen LogP contribution is -2.55. The molecule has 0 saturated carbocycles. The molecule has 0 bridgehead atoms. The van der Waals surface area contributed by atoms with Gasteiger partial charge in [0, 0.05) is 6.54 Å². The molecule has 0 radical (unpaired) electrons. The van der Waals surface area contributed by atoms with Crippen LogP contribution in [-0.2, 0) is 9.59 Å². The molecule has 0 aromatic rings. The Labute approximate surface area is 69.6 Å². The smallest absolute Gasteiger partial charge is 0.322 e. The number of carboxylic acid groups (broad SMARTS) is 1. The molecule has 1 amide bonds. The highest BCUT2D eigenvalue weighted by atomic mass is 35.5. The van der Waals surface area contributed by atoms with E-state index in [0.29, 0.717) is 0 Å². The molecule has 1 aliphatic heterocycles. The van der Waals surface area contributed by atoms with E-state index in [4.69, 9.17) is 5.11 Å². The summed E-state index contributed by atoms with van der Waals surface area (Å²) in [4.78, 5) is 20.7. The molecule has 1 rings (SSSR count). The van der Waals surface area contributed by atoms with Crippen molar-refractivity contribution < 1.29 is 14.7 Å². The van der Waals surface area contributed by atoms with Crippen LogP contribution in [0.4, 0.5) is 0 Å². The third kappa shape index (κ3) is 2.73. The standard InChI is InChI=1S/C5H8N2O3.ClH/c8-4-2-6-3(1-7-4)5(9)10;/h3,6H,1-2H2,(H,7,8)(H,9,10);1H. The van der Waals surface area contributed by atoms with E-state index in [-0.39, 0.29) is 31.4 Å². The topological polar surface area (TPSA) is 78.4 Å². The van der Waals surface area contributed by atoms with Crippen molar-refractivity contribution in [1.82, 2.24) is 10.6 Å². The number of aliphatic carboxylic acids is 1. The minimum absolute atomic E-state index is 0. The van der Waals surface area contributed by atoms with Gasteiger partial charge in [-0.05, 0) is 0 Å². The average molecular weight is 181 g/mol. The highest BCUT2D eigenvalue weighted by Gasteiger charge is 2.22. The number of hydrogen-bond donors (Lipinski definition) is 3. The van der Waals surface area contributed by atoms with E-state index in [0.717, 1.165) is 0 Å². The Morgan fingerprint density at radius 1 is 1.64 bits per heavy atom. The number of halogens is 1. The van der Waals surface area contributed by atoms with Crippen LogP contribution in [0.25, 0.3) is 0 Å². The lowest BCUT2D eigenvalue weighted by atomic mass is 10.2. The minimum Gasteiger partial charge on any atom is -0.480 e. The van der Waals surface area contributed by atoms with Crippen LogP contribution in [0.3, 0.4) is 0 Å². The fraction of sp³-hybridized carbons (Fsp3) is 0.600. The summed E-state index contributed by atoms with van der Waals surface area (Å²) in [6, 6.07) is -0.627. The molecule has 0 spiro atoms. The summed E-state index contributed by atoms with van der Waals surface area (Å²) in [6.07, 6.45) is 0. The Balaban J connectivity index is 0.000001000. The number of rotatable bonds is 1. The Morgan fingerprint density at radius 2 is 2.27 bits per heavy atom. The Morgan fingerprint density at radius 3 is 2.64 bits per heavy atom. The minimum atomic E-state index is -0.931. The van der Waals surface area contributed by atoms with Crippen LogP contribution in [0.5, 0.6) is 0 Å². The second-order valence-corrected chi connectivity index (χ2v) is 2.08. The average Bonchev–Trinajstić information content (AvgIpc) is 1.88. The summed E-state index contributed by atoms with van der Waals surface area (Å²) in [5.74, 6) is -1.09. The van der Waals surface area contributed by atoms with Gasteiger partial charge in [-0.2, -0.15) is 0 Å². The summed E-state index contributed by atoms with van der Waals surface area (Å²) >= 11 is 0. The maximum atomic E-state index is 10.5. The highest BCUT2D eigenvalue weighted by Crippen LogP contribution is 1.86. The molecule has 5 nitrogen and oxygen atoms in total. The Hall–Kier alpha value is -0.810. The zero-order valence-electron chi connectivity index (χ0n) is 5.66. The monoisotopic (exact) mass is 180 g/mol. The van der Waals surface area contributed by atoms with Crippen molar-refractivity contribution in [2.75, 3.05) is 13.1 Å². The van der Waals surface area contributed by atoms with Gasteiger partial charge in [-0.1, -0.05) is 0 Å². The quantitative estimate of drug-likeness (QED) is 0.463. The summed E-state index contributed by atoms with van der Waals surface area (Å²) in [7, 11) is 0. The van der Waals surface area contributed by atoms with Crippen molar-refractivity contribution in [2.24, 2.45) is 0 Å². The van der Waals surface area contributed by atoms with E-state index in [2.05, 4.69) is 10.6 Å². The van der Waals surface area contributed by atoms with Crippen LogP contribution in [0, 0.1) is 0 Å². The van der Waals surface area contributed by atoms with Gasteiger partial charge in [-0.3, -0.25) is 14.9 Å². The van der Waals surface area contributed by atoms with E-state index < -0.39 is 12.0 Å². The second kappa shape index (κ2) is 4.15. The molecular weight excluding hydrogens is 172 g/mol. The van der Waals surface area contributed by atoms with Gasteiger partial charge < -0.3 is 10.4 Å². The van der Waals surface area contributed by atoms with Gasteiger partial charge in [0.15, 0.2) is 0 Å². The van der Waals surface area contributed by atoms with Crippen molar-refractivity contribution >= 4 is 24.3 Å². The lowest BCUT2D eigenvalue weighted by molar-refractivity contribution is -0.140. The second-order valence-electron chi connectivity index (χ2n) is 2.08. The zero-order chi connectivity index (χ0) is 7.56. The van der Waals surface area contributed by atoms with Crippen LogP contribution < -0.4 is 10.6 Å². The Bertz CT molecular complexity index is 163. The molecule has 1 unspecified atom stereocenters. The molecule has 1 fully saturated rings. The fourth-order valence-electron chi connectivity index (χ4n) is 0.741. The first kappa shape index (κ1) is 10.2. The van der Waals surface area contributed by atoms with Crippen molar-refractivity contribution in [3.05, 3.63) is 0 Å². The number of carbonyl (C=O) groups excluding carboxylic acids is 1. The van der Waals surface area contributed by atoms with Gasteiger partial charge in [0.1, 0.15) is 6.04 Å². The fourth-order valence-corrected chi connectivity index (χ4v) is 0.741. The largest absolute Gasteiger partial charge is 0.480 e. The maximum Gasteiger partial charge on any atom is 0.322 e. The number of nitrogens with one attached hydrogen (secondary N) is 2. The van der Waals surface area contributed by atoms with Crippen LogP contribution in [0.2, 0.25) is 0 Å². The maximum absolute atomic E-state index is 10.5. The molecule has 6 heteroatoms. The number of carboxylic acids is 1. The van der Waals surface area contributed by atoms with E-state index in [1.165, 1.54) is 0 Å². The van der Waals surface area contributed by atoms with Gasteiger partial charge in [0.25, 0.3) is 0 Å². The first-order valence-electron chi connectivity index (χ1n) is 2.93. The third-order valence-electron chi connectivity index (χ3n) is 1.31. The lowest BCUT2D eigenvalue weighted by Gasteiger charge is -2.19. The molecule has 1 atom stereocenters. The predicted molar refractivity (Wildman–Crippen MR) is 39.7 cm³/mol. The van der Waals surface area contributed by atoms with Gasteiger partial charge in [-0.25, -0.2) is 0 Å². The van der Waals surface area contributed by atoms with Crippen molar-refractivity contribution in [2.45, 2.75) is 6.04 Å². The molecule has 1 aliphatic rings. The molecule has 0 aliphatic carbocycles. The summed E-state index contributed by atoms with van der Waals surface area (Å²) < 4.78 is 0. The number of piperazine rings is 1. The highest BCUT2D eigenvalue weighted by molar-refractivity contribution is 5.85. The van der Waals surface area contributed by atoms with Crippen LogP contribution in [-0.4, -0.2) is 36.1 Å². The van der Waals surface area contributed by atoms with Gasteiger partial charge in [0.2, 0.25) is 5.91 Å². The molecule has 0 aromatic heterocycles. The van der Waals surface area contributed by atoms with E-state index in [1.807, 2.05) is 0 Å². The number of hydrogen-bond acceptors (Lipinski definition) is 3. The van der Waals surface area contributed by atoms with Gasteiger partial charge >= 0.3 is 5.97 Å². The van der Waals surface area contributed by atoms with Crippen LogP contribution >= 0.6 is 12.4 Å². The van der Waals surface area contributed by atoms with Crippen molar-refractivity contribution in [1.29, 1.82) is 0 Å². The summed E-state index contributed by atoms with van der Waals surface area (Å²) in [6.45, 7) is 0.269. The molecule has 1 saturated heterocycles. The summed E-state index contributed by atoms with van der Waals surface area (Å²) in [5.41, 5.74) is 0. The normalized spacial score (nSPS) is 23.3. The molecule has 1 heterocycles. The van der Waals surface area contributed by atoms with Crippen LogP contribution in [0.15, 0.2) is 0 Å². The number of carbonyl (C=O) groups is 2. The van der Waals surface area contributed by atoms with Gasteiger partial charge in [0.05, 0.1) is 6.54 Å². The van der Waals surface area contributed by atoms with Gasteiger partial charge in [-0.15, -0.1) is 12.4 Å². The van der Waals surface area contributed by atoms with E-state index in [9.17, 15) is 9.59 Å². The SMILES string of the molecule is Cl.O=C1CNC(C(=O)O)CN1. The van der Waals surface area contributed by atoms with E-state index >= 15 is 0 Å². The third-order valence-corrected chi connectivity index (χ3v) is 1.31. The number of amides is 1. The molecular formula is C5H9ClN2O3. The molecule has 64 valence electrons. The molecule has 0 aromatic carbocycles. The van der Waals surface area contributed by atoms with Crippen molar-refractivity contribution in [3.63, 3.8) is 0 Å². The van der Waals surface area contributed by atoms with E-state index in [1.54, 1.807) is 0 Å². The Kier molecular flexibility index (Phi) is 3.84. The predicted octanol–water partition coefficient (Wildman–Crippen LogP) is -1.42. The van der Waals surface area contributed by atoms with Crippen molar-refractivity contribution in [3.8, 4) is 0 Å². The van der Waals surface area contributed by atoms with Crippen LogP contribution in [0.1, 0.15) is 0 Å². The summed E-state index contributed by atoms with van der Waals surface area (Å²) in [5, 5.41) is 13.4.